The molecule has 2 rings (SSSR count). The van der Waals surface area contributed by atoms with Gasteiger partial charge in [0.05, 0.1) is 4.88 Å². The summed E-state index contributed by atoms with van der Waals surface area (Å²) in [5.41, 5.74) is 11.2. The number of rotatable bonds is 5. The van der Waals surface area contributed by atoms with E-state index in [9.17, 15) is 14.4 Å². The van der Waals surface area contributed by atoms with Gasteiger partial charge >= 0.3 is 6.03 Å². The highest BCUT2D eigenvalue weighted by Gasteiger charge is 2.26. The van der Waals surface area contributed by atoms with Gasteiger partial charge in [0.15, 0.2) is 0 Å². The Kier molecular flexibility index (Phi) is 6.41. The molecule has 0 fully saturated rings. The molecule has 8 heteroatoms. The summed E-state index contributed by atoms with van der Waals surface area (Å²) in [6.07, 6.45) is 3.81. The Morgan fingerprint density at radius 3 is 2.72 bits per heavy atom. The molecule has 1 aliphatic rings. The van der Waals surface area contributed by atoms with Crippen molar-refractivity contribution in [1.29, 1.82) is 0 Å². The zero-order valence-corrected chi connectivity index (χ0v) is 15.7. The first-order valence-corrected chi connectivity index (χ1v) is 9.41. The second-order valence-corrected chi connectivity index (χ2v) is 7.86. The maximum absolute atomic E-state index is 12.3. The van der Waals surface area contributed by atoms with Crippen LogP contribution in [0.2, 0.25) is 0 Å². The molecule has 0 spiro atoms. The van der Waals surface area contributed by atoms with Crippen molar-refractivity contribution in [2.45, 2.75) is 52.5 Å². The molecule has 0 aliphatic heterocycles. The number of primary amides is 1. The van der Waals surface area contributed by atoms with Gasteiger partial charge in [-0.05, 0) is 42.7 Å². The van der Waals surface area contributed by atoms with E-state index >= 15 is 0 Å². The minimum absolute atomic E-state index is 0.111. The number of amides is 4. The first kappa shape index (κ1) is 19.2. The summed E-state index contributed by atoms with van der Waals surface area (Å²) in [7, 11) is 0. The summed E-state index contributed by atoms with van der Waals surface area (Å²) in [4.78, 5) is 37.5. The Bertz CT molecular complexity index is 658. The van der Waals surface area contributed by atoms with Gasteiger partial charge in [-0.15, -0.1) is 11.3 Å². The average molecular weight is 366 g/mol. The minimum Gasteiger partial charge on any atom is -0.352 e. The summed E-state index contributed by atoms with van der Waals surface area (Å²) < 4.78 is 0. The van der Waals surface area contributed by atoms with Gasteiger partial charge in [0.2, 0.25) is 0 Å². The zero-order valence-electron chi connectivity index (χ0n) is 14.8. The smallest absolute Gasteiger partial charge is 0.312 e. The van der Waals surface area contributed by atoms with Gasteiger partial charge in [-0.3, -0.25) is 20.4 Å². The minimum atomic E-state index is -0.791. The quantitative estimate of drug-likeness (QED) is 0.595. The fourth-order valence-corrected chi connectivity index (χ4v) is 4.03. The SMILES string of the molecule is CC[C@H](C)[C@H](NC(N)=O)C(=O)NNC(=O)c1cc2c(s1)CC[C@H](C)C2. The average Bonchev–Trinajstić information content (AvgIpc) is 2.99. The van der Waals surface area contributed by atoms with Gasteiger partial charge in [-0.25, -0.2) is 4.79 Å². The Morgan fingerprint density at radius 2 is 2.08 bits per heavy atom. The van der Waals surface area contributed by atoms with Gasteiger partial charge in [0, 0.05) is 4.88 Å². The van der Waals surface area contributed by atoms with Crippen LogP contribution in [0, 0.1) is 11.8 Å². The van der Waals surface area contributed by atoms with Crippen molar-refractivity contribution in [3.8, 4) is 0 Å². The fraction of sp³-hybridized carbons (Fsp3) is 0.588. The number of carbonyl (C=O) groups is 3. The lowest BCUT2D eigenvalue weighted by Gasteiger charge is -2.22. The molecule has 0 saturated heterocycles. The number of fused-ring (bicyclic) bond motifs is 1. The van der Waals surface area contributed by atoms with Gasteiger partial charge in [0.1, 0.15) is 6.04 Å². The molecule has 1 heterocycles. The molecule has 3 atom stereocenters. The van der Waals surface area contributed by atoms with Crippen molar-refractivity contribution in [3.63, 3.8) is 0 Å². The number of nitrogens with one attached hydrogen (secondary N) is 3. The van der Waals surface area contributed by atoms with Crippen LogP contribution in [0.4, 0.5) is 4.79 Å². The van der Waals surface area contributed by atoms with Crippen LogP contribution in [-0.4, -0.2) is 23.9 Å². The Hall–Kier alpha value is -2.09. The predicted octanol–water partition coefficient (Wildman–Crippen LogP) is 1.72. The number of carbonyl (C=O) groups excluding carboxylic acids is 3. The van der Waals surface area contributed by atoms with Crippen LogP contribution < -0.4 is 21.9 Å². The highest BCUT2D eigenvalue weighted by atomic mass is 32.1. The Balaban J connectivity index is 1.96. The van der Waals surface area contributed by atoms with Gasteiger partial charge in [-0.1, -0.05) is 27.2 Å². The number of urea groups is 1. The lowest BCUT2D eigenvalue weighted by Crippen LogP contribution is -2.55. The van der Waals surface area contributed by atoms with Crippen LogP contribution in [0.1, 0.15) is 53.7 Å². The van der Waals surface area contributed by atoms with E-state index < -0.39 is 18.0 Å². The van der Waals surface area contributed by atoms with E-state index in [2.05, 4.69) is 23.1 Å². The van der Waals surface area contributed by atoms with Crippen LogP contribution in [0.25, 0.3) is 0 Å². The number of nitrogens with two attached hydrogens (primary N) is 1. The molecule has 1 aliphatic carbocycles. The molecule has 0 unspecified atom stereocenters. The third kappa shape index (κ3) is 4.94. The molecule has 0 saturated carbocycles. The normalized spacial score (nSPS) is 18.6. The van der Waals surface area contributed by atoms with Crippen molar-refractivity contribution in [2.75, 3.05) is 0 Å². The van der Waals surface area contributed by atoms with E-state index in [1.54, 1.807) is 0 Å². The summed E-state index contributed by atoms with van der Waals surface area (Å²) in [5.74, 6) is -0.312. The van der Waals surface area contributed by atoms with Crippen LogP contribution in [0.3, 0.4) is 0 Å². The van der Waals surface area contributed by atoms with Crippen molar-refractivity contribution in [3.05, 3.63) is 21.4 Å². The standard InChI is InChI=1S/C17H26N4O3S/c1-4-10(3)14(19-17(18)24)16(23)21-20-15(22)13-8-11-7-9(2)5-6-12(11)25-13/h8-10,14H,4-7H2,1-3H3,(H,20,22)(H,21,23)(H3,18,19,24)/t9-,10-,14-/m0/s1. The molecule has 0 aromatic carbocycles. The van der Waals surface area contributed by atoms with Crippen LogP contribution >= 0.6 is 11.3 Å². The lowest BCUT2D eigenvalue weighted by atomic mass is 9.90. The van der Waals surface area contributed by atoms with Crippen LogP contribution in [0.15, 0.2) is 6.07 Å². The Labute approximate surface area is 151 Å². The molecule has 5 N–H and O–H groups in total. The molecular weight excluding hydrogens is 340 g/mol. The van der Waals surface area contributed by atoms with Crippen molar-refractivity contribution in [1.82, 2.24) is 16.2 Å². The first-order valence-electron chi connectivity index (χ1n) is 8.59. The van der Waals surface area contributed by atoms with E-state index in [1.807, 2.05) is 19.9 Å². The largest absolute Gasteiger partial charge is 0.352 e. The summed E-state index contributed by atoms with van der Waals surface area (Å²) in [6.45, 7) is 5.95. The fourth-order valence-electron chi connectivity index (χ4n) is 2.93. The van der Waals surface area contributed by atoms with Crippen molar-refractivity contribution < 1.29 is 14.4 Å². The molecule has 138 valence electrons. The molecular formula is C17H26N4O3S. The van der Waals surface area contributed by atoms with E-state index in [4.69, 9.17) is 5.73 Å². The van der Waals surface area contributed by atoms with Crippen LogP contribution in [-0.2, 0) is 17.6 Å². The first-order chi connectivity index (χ1) is 11.8. The Morgan fingerprint density at radius 1 is 1.36 bits per heavy atom. The van der Waals surface area contributed by atoms with E-state index in [-0.39, 0.29) is 11.8 Å². The topological polar surface area (TPSA) is 113 Å². The second kappa shape index (κ2) is 8.33. The van der Waals surface area contributed by atoms with Crippen LogP contribution in [0.5, 0.6) is 0 Å². The summed E-state index contributed by atoms with van der Waals surface area (Å²) >= 11 is 1.47. The van der Waals surface area contributed by atoms with Gasteiger partial charge < -0.3 is 11.1 Å². The zero-order chi connectivity index (χ0) is 18.6. The summed E-state index contributed by atoms with van der Waals surface area (Å²) in [6, 6.07) is 0.345. The number of aryl methyl sites for hydroxylation is 1. The van der Waals surface area contributed by atoms with E-state index in [1.165, 1.54) is 21.8 Å². The number of thiophene rings is 1. The molecule has 1 aromatic heterocycles. The second-order valence-electron chi connectivity index (χ2n) is 6.72. The number of hydrazine groups is 1. The molecule has 1 aromatic rings. The predicted molar refractivity (Wildman–Crippen MR) is 97.1 cm³/mol. The maximum Gasteiger partial charge on any atom is 0.312 e. The molecule has 4 amide bonds. The highest BCUT2D eigenvalue weighted by Crippen LogP contribution is 2.32. The lowest BCUT2D eigenvalue weighted by molar-refractivity contribution is -0.124. The van der Waals surface area contributed by atoms with E-state index in [0.717, 1.165) is 19.3 Å². The highest BCUT2D eigenvalue weighted by molar-refractivity contribution is 7.14. The molecule has 25 heavy (non-hydrogen) atoms. The molecule has 0 radical (unpaired) electrons. The maximum atomic E-state index is 12.3. The number of hydrogen-bond acceptors (Lipinski definition) is 4. The number of hydrogen-bond donors (Lipinski definition) is 4. The molecule has 0 bridgehead atoms. The summed E-state index contributed by atoms with van der Waals surface area (Å²) in [5, 5.41) is 2.42. The van der Waals surface area contributed by atoms with E-state index in [0.29, 0.717) is 17.2 Å². The van der Waals surface area contributed by atoms with Gasteiger partial charge in [-0.2, -0.15) is 0 Å². The third-order valence-electron chi connectivity index (χ3n) is 4.65. The van der Waals surface area contributed by atoms with Gasteiger partial charge in [0.25, 0.3) is 11.8 Å². The monoisotopic (exact) mass is 366 g/mol. The molecule has 7 nitrogen and oxygen atoms in total. The van der Waals surface area contributed by atoms with Crippen molar-refractivity contribution >= 4 is 29.2 Å². The van der Waals surface area contributed by atoms with Crippen molar-refractivity contribution in [2.24, 2.45) is 17.6 Å². The third-order valence-corrected chi connectivity index (χ3v) is 5.88.